The van der Waals surface area contributed by atoms with E-state index in [-0.39, 0.29) is 11.6 Å². The van der Waals surface area contributed by atoms with Crippen molar-refractivity contribution in [2.24, 2.45) is 0 Å². The molecule has 0 saturated carbocycles. The number of aromatic nitrogens is 3. The van der Waals surface area contributed by atoms with Crippen LogP contribution in [0.15, 0.2) is 41.2 Å². The summed E-state index contributed by atoms with van der Waals surface area (Å²) in [4.78, 5) is 34.2. The third-order valence-electron chi connectivity index (χ3n) is 3.47. The quantitative estimate of drug-likeness (QED) is 0.691. The molecule has 0 saturated heterocycles. The Balaban J connectivity index is 1.82. The van der Waals surface area contributed by atoms with E-state index in [4.69, 9.17) is 0 Å². The van der Waals surface area contributed by atoms with Crippen LogP contribution in [0.4, 0.5) is 0 Å². The van der Waals surface area contributed by atoms with Crippen molar-refractivity contribution < 1.29 is 4.79 Å². The third kappa shape index (κ3) is 2.63. The molecule has 0 aliphatic carbocycles. The number of imidazole rings is 1. The summed E-state index contributed by atoms with van der Waals surface area (Å²) in [5.74, 6) is 0.229. The second-order valence-corrected chi connectivity index (χ2v) is 5.22. The molecule has 1 aromatic carbocycles. The van der Waals surface area contributed by atoms with Crippen molar-refractivity contribution in [2.45, 2.75) is 19.9 Å². The normalized spacial score (nSPS) is 12.3. The van der Waals surface area contributed by atoms with E-state index in [0.29, 0.717) is 11.5 Å². The number of carbonyl (C=O) groups excluding carboxylic acids is 1. The fourth-order valence-corrected chi connectivity index (χ4v) is 2.27. The number of nitrogens with zero attached hydrogens (tertiary/aromatic N) is 1. The summed E-state index contributed by atoms with van der Waals surface area (Å²) in [6.07, 6.45) is 0. The number of rotatable bonds is 3. The summed E-state index contributed by atoms with van der Waals surface area (Å²) >= 11 is 0. The van der Waals surface area contributed by atoms with Gasteiger partial charge in [0.2, 0.25) is 0 Å². The zero-order valence-corrected chi connectivity index (χ0v) is 12.3. The van der Waals surface area contributed by atoms with E-state index in [9.17, 15) is 9.59 Å². The van der Waals surface area contributed by atoms with Gasteiger partial charge in [-0.25, -0.2) is 4.98 Å². The van der Waals surface area contributed by atoms with Gasteiger partial charge in [0.15, 0.2) is 0 Å². The second kappa shape index (κ2) is 5.48. The number of nitrogens with one attached hydrogen (secondary N) is 3. The van der Waals surface area contributed by atoms with Crippen LogP contribution in [0.2, 0.25) is 0 Å². The summed E-state index contributed by atoms with van der Waals surface area (Å²) < 4.78 is 0. The number of hydrogen-bond donors (Lipinski definition) is 3. The molecule has 3 aromatic rings. The smallest absolute Gasteiger partial charge is 0.260 e. The van der Waals surface area contributed by atoms with Crippen LogP contribution in [0.5, 0.6) is 0 Å². The van der Waals surface area contributed by atoms with Gasteiger partial charge in [0, 0.05) is 5.69 Å². The maximum Gasteiger partial charge on any atom is 0.260 e. The molecule has 0 aliphatic heterocycles. The predicted molar refractivity (Wildman–Crippen MR) is 83.8 cm³/mol. The van der Waals surface area contributed by atoms with E-state index in [1.165, 1.54) is 6.07 Å². The number of amides is 1. The standard InChI is InChI=1S/C16H16N4O2/c1-9-7-8-11(15(21)17-9)16(22)18-10(2)14-19-12-5-3-4-6-13(12)20-14/h3-8,10H,1-2H3,(H,17,21)(H,18,22)(H,19,20)/t10-/m1/s1. The maximum absolute atomic E-state index is 12.2. The van der Waals surface area contributed by atoms with Crippen LogP contribution >= 0.6 is 0 Å². The van der Waals surface area contributed by atoms with Gasteiger partial charge in [0.05, 0.1) is 17.1 Å². The van der Waals surface area contributed by atoms with Gasteiger partial charge in [-0.05, 0) is 38.1 Å². The minimum atomic E-state index is -0.422. The number of aryl methyl sites for hydroxylation is 1. The van der Waals surface area contributed by atoms with E-state index in [0.717, 1.165) is 11.0 Å². The van der Waals surface area contributed by atoms with Crippen molar-refractivity contribution in [1.29, 1.82) is 0 Å². The monoisotopic (exact) mass is 296 g/mol. The lowest BCUT2D eigenvalue weighted by atomic mass is 10.2. The summed E-state index contributed by atoms with van der Waals surface area (Å²) in [5.41, 5.74) is 2.16. The first-order valence-corrected chi connectivity index (χ1v) is 7.00. The Bertz CT molecular complexity index is 861. The summed E-state index contributed by atoms with van der Waals surface area (Å²) in [7, 11) is 0. The molecule has 6 nitrogen and oxygen atoms in total. The first kappa shape index (κ1) is 14.1. The molecule has 112 valence electrons. The molecule has 3 N–H and O–H groups in total. The Labute approximate surface area is 126 Å². The Hall–Kier alpha value is -2.89. The fraction of sp³-hybridized carbons (Fsp3) is 0.188. The van der Waals surface area contributed by atoms with E-state index >= 15 is 0 Å². The third-order valence-corrected chi connectivity index (χ3v) is 3.47. The summed E-state index contributed by atoms with van der Waals surface area (Å²) in [5, 5.41) is 2.78. The van der Waals surface area contributed by atoms with Crippen molar-refractivity contribution >= 4 is 16.9 Å². The first-order valence-electron chi connectivity index (χ1n) is 7.00. The highest BCUT2D eigenvalue weighted by Gasteiger charge is 2.16. The molecule has 0 aliphatic rings. The molecule has 6 heteroatoms. The number of pyridine rings is 1. The van der Waals surface area contributed by atoms with Gasteiger partial charge in [-0.1, -0.05) is 12.1 Å². The van der Waals surface area contributed by atoms with Crippen LogP contribution in [0.25, 0.3) is 11.0 Å². The number of aromatic amines is 2. The van der Waals surface area contributed by atoms with Crippen LogP contribution in [0.1, 0.15) is 34.8 Å². The molecule has 0 unspecified atom stereocenters. The highest BCUT2D eigenvalue weighted by atomic mass is 16.2. The van der Waals surface area contributed by atoms with Gasteiger partial charge in [0.25, 0.3) is 11.5 Å². The Morgan fingerprint density at radius 3 is 2.68 bits per heavy atom. The number of hydrogen-bond acceptors (Lipinski definition) is 3. The van der Waals surface area contributed by atoms with Crippen molar-refractivity contribution in [3.8, 4) is 0 Å². The van der Waals surface area contributed by atoms with Crippen LogP contribution < -0.4 is 10.9 Å². The highest BCUT2D eigenvalue weighted by molar-refractivity contribution is 5.94. The molecular formula is C16H16N4O2. The minimum Gasteiger partial charge on any atom is -0.342 e. The number of H-pyrrole nitrogens is 2. The van der Waals surface area contributed by atoms with Crippen molar-refractivity contribution in [3.63, 3.8) is 0 Å². The number of fused-ring (bicyclic) bond motifs is 1. The van der Waals surface area contributed by atoms with Crippen molar-refractivity contribution in [3.05, 3.63) is 63.8 Å². The van der Waals surface area contributed by atoms with Crippen LogP contribution in [0.3, 0.4) is 0 Å². The molecule has 22 heavy (non-hydrogen) atoms. The lowest BCUT2D eigenvalue weighted by Gasteiger charge is -2.11. The van der Waals surface area contributed by atoms with E-state index < -0.39 is 11.5 Å². The Morgan fingerprint density at radius 2 is 1.95 bits per heavy atom. The second-order valence-electron chi connectivity index (χ2n) is 5.22. The summed E-state index contributed by atoms with van der Waals surface area (Å²) in [6, 6.07) is 10.5. The van der Waals surface area contributed by atoms with Gasteiger partial charge < -0.3 is 15.3 Å². The van der Waals surface area contributed by atoms with Crippen LogP contribution in [-0.4, -0.2) is 20.9 Å². The highest BCUT2D eigenvalue weighted by Crippen LogP contribution is 2.15. The zero-order valence-electron chi connectivity index (χ0n) is 12.3. The maximum atomic E-state index is 12.2. The molecule has 0 spiro atoms. The lowest BCUT2D eigenvalue weighted by Crippen LogP contribution is -2.32. The van der Waals surface area contributed by atoms with Crippen molar-refractivity contribution in [2.75, 3.05) is 0 Å². The SMILES string of the molecule is Cc1ccc(C(=O)N[C@H](C)c2nc3ccccc3[nH]2)c(=O)[nH]1. The number of carbonyl (C=O) groups is 1. The van der Waals surface area contributed by atoms with E-state index in [1.54, 1.807) is 13.0 Å². The minimum absolute atomic E-state index is 0.0913. The molecule has 0 radical (unpaired) electrons. The lowest BCUT2D eigenvalue weighted by molar-refractivity contribution is 0.0937. The first-order chi connectivity index (χ1) is 10.5. The predicted octanol–water partition coefficient (Wildman–Crippen LogP) is 2.05. The summed E-state index contributed by atoms with van der Waals surface area (Å²) in [6.45, 7) is 3.58. The van der Waals surface area contributed by atoms with E-state index in [2.05, 4.69) is 20.3 Å². The van der Waals surface area contributed by atoms with Crippen LogP contribution in [0, 0.1) is 6.92 Å². The molecule has 1 atom stereocenters. The number of benzene rings is 1. The number of para-hydroxylation sites is 2. The van der Waals surface area contributed by atoms with Gasteiger partial charge in [-0.2, -0.15) is 0 Å². The van der Waals surface area contributed by atoms with Gasteiger partial charge >= 0.3 is 0 Å². The fourth-order valence-electron chi connectivity index (χ4n) is 2.27. The molecule has 1 amide bonds. The molecule has 3 rings (SSSR count). The van der Waals surface area contributed by atoms with Crippen molar-refractivity contribution in [1.82, 2.24) is 20.3 Å². The zero-order chi connectivity index (χ0) is 15.7. The average molecular weight is 296 g/mol. The molecule has 2 aromatic heterocycles. The van der Waals surface area contributed by atoms with Crippen LogP contribution in [-0.2, 0) is 0 Å². The Morgan fingerprint density at radius 1 is 1.18 bits per heavy atom. The van der Waals surface area contributed by atoms with Gasteiger partial charge in [-0.15, -0.1) is 0 Å². The molecule has 2 heterocycles. The average Bonchev–Trinajstić information content (AvgIpc) is 2.91. The Kier molecular flexibility index (Phi) is 3.50. The molecule has 0 fully saturated rings. The molecule has 0 bridgehead atoms. The molecular weight excluding hydrogens is 280 g/mol. The largest absolute Gasteiger partial charge is 0.342 e. The van der Waals surface area contributed by atoms with Gasteiger partial charge in [-0.3, -0.25) is 9.59 Å². The topological polar surface area (TPSA) is 90.6 Å². The van der Waals surface area contributed by atoms with Gasteiger partial charge in [0.1, 0.15) is 11.4 Å². The van der Waals surface area contributed by atoms with E-state index in [1.807, 2.05) is 31.2 Å².